The first-order valence-corrected chi connectivity index (χ1v) is 6.41. The minimum absolute atomic E-state index is 0.303. The number of benzene rings is 1. The molecule has 20 heavy (non-hydrogen) atoms. The second-order valence-electron chi connectivity index (χ2n) is 4.85. The van der Waals surface area contributed by atoms with Crippen molar-refractivity contribution in [1.82, 2.24) is 5.32 Å². The van der Waals surface area contributed by atoms with Crippen molar-refractivity contribution in [2.24, 2.45) is 5.73 Å². The minimum atomic E-state index is -3.09. The monoisotopic (exact) mass is 286 g/mol. The van der Waals surface area contributed by atoms with Gasteiger partial charge in [-0.25, -0.2) is 8.78 Å². The molecule has 0 saturated carbocycles. The van der Waals surface area contributed by atoms with Crippen molar-refractivity contribution in [2.45, 2.75) is 25.7 Å². The Morgan fingerprint density at radius 3 is 2.75 bits per heavy atom. The number of carbonyl (C=O) groups excluding carboxylic acids is 1. The molecule has 0 aliphatic heterocycles. The third-order valence-electron chi connectivity index (χ3n) is 2.74. The summed E-state index contributed by atoms with van der Waals surface area (Å²) in [7, 11) is 0. The molecule has 6 heteroatoms. The van der Waals surface area contributed by atoms with E-state index >= 15 is 0 Å². The Kier molecular flexibility index (Phi) is 5.88. The standard InChI is InChI=1S/C14H20F2N2O2/c1-10(2)11-4-3-5-12(6-11)20-7-13(19)18-9-14(15,16)8-17/h3-6,10H,7-9,17H2,1-2H3,(H,18,19). The van der Waals surface area contributed by atoms with Crippen LogP contribution in [0.2, 0.25) is 0 Å². The maximum atomic E-state index is 12.8. The maximum absolute atomic E-state index is 12.8. The number of nitrogens with one attached hydrogen (secondary N) is 1. The van der Waals surface area contributed by atoms with Crippen LogP contribution >= 0.6 is 0 Å². The second kappa shape index (κ2) is 7.19. The molecule has 0 radical (unpaired) electrons. The number of halogens is 2. The molecule has 0 spiro atoms. The molecule has 0 fully saturated rings. The van der Waals surface area contributed by atoms with E-state index in [0.29, 0.717) is 11.7 Å². The average molecular weight is 286 g/mol. The lowest BCUT2D eigenvalue weighted by Gasteiger charge is -2.15. The molecule has 3 N–H and O–H groups in total. The first-order chi connectivity index (χ1) is 9.34. The summed E-state index contributed by atoms with van der Waals surface area (Å²) in [6, 6.07) is 7.32. The molecule has 0 heterocycles. The molecular weight excluding hydrogens is 266 g/mol. The summed E-state index contributed by atoms with van der Waals surface area (Å²) in [5.41, 5.74) is 5.95. The van der Waals surface area contributed by atoms with Crippen molar-refractivity contribution in [2.75, 3.05) is 19.7 Å². The van der Waals surface area contributed by atoms with Crippen LogP contribution in [0, 0.1) is 0 Å². The first-order valence-electron chi connectivity index (χ1n) is 6.41. The Balaban J connectivity index is 2.43. The quantitative estimate of drug-likeness (QED) is 0.804. The largest absolute Gasteiger partial charge is 0.484 e. The summed E-state index contributed by atoms with van der Waals surface area (Å²) in [5.74, 6) is -2.81. The lowest BCUT2D eigenvalue weighted by atomic mass is 10.0. The number of rotatable bonds is 7. The third-order valence-corrected chi connectivity index (χ3v) is 2.74. The number of amides is 1. The van der Waals surface area contributed by atoms with Gasteiger partial charge in [0, 0.05) is 0 Å². The van der Waals surface area contributed by atoms with Crippen LogP contribution in [0.5, 0.6) is 5.75 Å². The lowest BCUT2D eigenvalue weighted by Crippen LogP contribution is -2.43. The van der Waals surface area contributed by atoms with E-state index in [4.69, 9.17) is 10.5 Å². The number of alkyl halides is 2. The second-order valence-corrected chi connectivity index (χ2v) is 4.85. The summed E-state index contributed by atoms with van der Waals surface area (Å²) >= 11 is 0. The topological polar surface area (TPSA) is 64.3 Å². The van der Waals surface area contributed by atoms with E-state index in [9.17, 15) is 13.6 Å². The predicted molar refractivity (Wildman–Crippen MR) is 73.0 cm³/mol. The van der Waals surface area contributed by atoms with Crippen LogP contribution in [0.4, 0.5) is 8.78 Å². The SMILES string of the molecule is CC(C)c1cccc(OCC(=O)NCC(F)(F)CN)c1. The molecule has 0 aliphatic rings. The van der Waals surface area contributed by atoms with E-state index in [0.717, 1.165) is 5.56 Å². The van der Waals surface area contributed by atoms with Crippen LogP contribution < -0.4 is 15.8 Å². The van der Waals surface area contributed by atoms with Crippen molar-refractivity contribution in [3.05, 3.63) is 29.8 Å². The van der Waals surface area contributed by atoms with E-state index in [1.54, 1.807) is 6.07 Å². The smallest absolute Gasteiger partial charge is 0.277 e. The molecule has 0 bridgehead atoms. The maximum Gasteiger partial charge on any atom is 0.277 e. The number of carbonyl (C=O) groups is 1. The Bertz CT molecular complexity index is 451. The normalized spacial score (nSPS) is 11.5. The van der Waals surface area contributed by atoms with E-state index in [-0.39, 0.29) is 6.61 Å². The Labute approximate surface area is 117 Å². The molecule has 1 rings (SSSR count). The summed E-state index contributed by atoms with van der Waals surface area (Å²) in [5, 5.41) is 2.09. The van der Waals surface area contributed by atoms with Gasteiger partial charge in [-0.05, 0) is 23.6 Å². The zero-order valence-corrected chi connectivity index (χ0v) is 11.7. The van der Waals surface area contributed by atoms with Crippen molar-refractivity contribution in [3.8, 4) is 5.75 Å². The molecule has 112 valence electrons. The Morgan fingerprint density at radius 1 is 1.45 bits per heavy atom. The van der Waals surface area contributed by atoms with Gasteiger partial charge in [-0.2, -0.15) is 0 Å². The fraction of sp³-hybridized carbons (Fsp3) is 0.500. The van der Waals surface area contributed by atoms with Gasteiger partial charge >= 0.3 is 0 Å². The van der Waals surface area contributed by atoms with Crippen molar-refractivity contribution < 1.29 is 18.3 Å². The van der Waals surface area contributed by atoms with Gasteiger partial charge in [-0.15, -0.1) is 0 Å². The van der Waals surface area contributed by atoms with Gasteiger partial charge in [-0.1, -0.05) is 26.0 Å². The van der Waals surface area contributed by atoms with Gasteiger partial charge in [0.05, 0.1) is 13.1 Å². The van der Waals surface area contributed by atoms with Gasteiger partial charge in [0.25, 0.3) is 11.8 Å². The zero-order valence-electron chi connectivity index (χ0n) is 11.7. The van der Waals surface area contributed by atoms with Gasteiger partial charge in [0.1, 0.15) is 5.75 Å². The molecule has 0 aromatic heterocycles. The van der Waals surface area contributed by atoms with E-state index < -0.39 is 24.9 Å². The molecular formula is C14H20F2N2O2. The first kappa shape index (κ1) is 16.4. The summed E-state index contributed by atoms with van der Waals surface area (Å²) in [6.45, 7) is 2.20. The van der Waals surface area contributed by atoms with Crippen LogP contribution in [0.3, 0.4) is 0 Å². The highest BCUT2D eigenvalue weighted by molar-refractivity contribution is 5.77. The number of hydrogen-bond acceptors (Lipinski definition) is 3. The Hall–Kier alpha value is -1.69. The Morgan fingerprint density at radius 2 is 2.15 bits per heavy atom. The molecule has 0 unspecified atom stereocenters. The molecule has 1 aromatic carbocycles. The van der Waals surface area contributed by atoms with Crippen molar-refractivity contribution in [3.63, 3.8) is 0 Å². The fourth-order valence-corrected chi connectivity index (χ4v) is 1.46. The summed E-state index contributed by atoms with van der Waals surface area (Å²) in [6.07, 6.45) is 0. The number of nitrogens with two attached hydrogens (primary N) is 1. The highest BCUT2D eigenvalue weighted by atomic mass is 19.3. The van der Waals surface area contributed by atoms with Gasteiger partial charge in [0.15, 0.2) is 6.61 Å². The molecule has 4 nitrogen and oxygen atoms in total. The van der Waals surface area contributed by atoms with Gasteiger partial charge in [-0.3, -0.25) is 4.79 Å². The van der Waals surface area contributed by atoms with E-state index in [1.807, 2.05) is 32.0 Å². The van der Waals surface area contributed by atoms with Crippen molar-refractivity contribution >= 4 is 5.91 Å². The molecule has 1 aromatic rings. The molecule has 0 aliphatic carbocycles. The van der Waals surface area contributed by atoms with Crippen LogP contribution in [0.1, 0.15) is 25.3 Å². The molecule has 1 amide bonds. The number of ether oxygens (including phenoxy) is 1. The zero-order chi connectivity index (χ0) is 15.2. The van der Waals surface area contributed by atoms with Crippen LogP contribution in [-0.4, -0.2) is 31.5 Å². The van der Waals surface area contributed by atoms with Gasteiger partial charge < -0.3 is 15.8 Å². The van der Waals surface area contributed by atoms with Crippen LogP contribution in [0.25, 0.3) is 0 Å². The summed E-state index contributed by atoms with van der Waals surface area (Å²) in [4.78, 5) is 11.4. The van der Waals surface area contributed by atoms with Crippen LogP contribution in [-0.2, 0) is 4.79 Å². The highest BCUT2D eigenvalue weighted by Gasteiger charge is 2.27. The predicted octanol–water partition coefficient (Wildman–Crippen LogP) is 1.90. The molecule has 0 saturated heterocycles. The van der Waals surface area contributed by atoms with E-state index in [1.165, 1.54) is 0 Å². The number of hydrogen-bond donors (Lipinski definition) is 2. The fourth-order valence-electron chi connectivity index (χ4n) is 1.46. The third kappa shape index (κ3) is 5.52. The van der Waals surface area contributed by atoms with E-state index in [2.05, 4.69) is 5.32 Å². The van der Waals surface area contributed by atoms with Gasteiger partial charge in [0.2, 0.25) is 0 Å². The van der Waals surface area contributed by atoms with Crippen molar-refractivity contribution in [1.29, 1.82) is 0 Å². The average Bonchev–Trinajstić information content (AvgIpc) is 2.43. The molecule has 0 atom stereocenters. The highest BCUT2D eigenvalue weighted by Crippen LogP contribution is 2.19. The minimum Gasteiger partial charge on any atom is -0.484 e. The summed E-state index contributed by atoms with van der Waals surface area (Å²) < 4.78 is 30.9. The van der Waals surface area contributed by atoms with Crippen LogP contribution in [0.15, 0.2) is 24.3 Å². The lowest BCUT2D eigenvalue weighted by molar-refractivity contribution is -0.124.